The molecule has 0 N–H and O–H groups in total. The van der Waals surface area contributed by atoms with Gasteiger partial charge in [-0.3, -0.25) is 0 Å². The molecule has 100 valence electrons. The molecule has 0 bridgehead atoms. The van der Waals surface area contributed by atoms with Crippen LogP contribution >= 0.6 is 43.5 Å². The molecule has 19 heavy (non-hydrogen) atoms. The molecule has 0 atom stereocenters. The van der Waals surface area contributed by atoms with Gasteiger partial charge >= 0.3 is 0 Å². The molecule has 0 radical (unpaired) electrons. The molecular formula is C14H13Br2ClN2. The van der Waals surface area contributed by atoms with Gasteiger partial charge in [0.2, 0.25) is 0 Å². The van der Waals surface area contributed by atoms with E-state index in [2.05, 4.69) is 47.8 Å². The lowest BCUT2D eigenvalue weighted by Gasteiger charge is -2.21. The zero-order valence-corrected chi connectivity index (χ0v) is 14.3. The van der Waals surface area contributed by atoms with E-state index in [0.717, 1.165) is 26.9 Å². The van der Waals surface area contributed by atoms with Crippen LogP contribution in [-0.4, -0.2) is 12.0 Å². The summed E-state index contributed by atoms with van der Waals surface area (Å²) >= 11 is 13.0. The summed E-state index contributed by atoms with van der Waals surface area (Å²) in [6, 6.07) is 10.2. The van der Waals surface area contributed by atoms with Crippen molar-refractivity contribution in [3.05, 3.63) is 56.6 Å². The Balaban J connectivity index is 2.25. The number of aromatic nitrogens is 1. The molecule has 0 aliphatic heterocycles. The highest BCUT2D eigenvalue weighted by Gasteiger charge is 2.11. The largest absolute Gasteiger partial charge is 0.355 e. The minimum absolute atomic E-state index is 0.447. The molecule has 0 fully saturated rings. The van der Waals surface area contributed by atoms with Crippen LogP contribution in [0.15, 0.2) is 45.5 Å². The summed E-state index contributed by atoms with van der Waals surface area (Å²) in [5.41, 5.74) is 2.24. The maximum atomic E-state index is 5.99. The zero-order chi connectivity index (χ0) is 13.8. The molecule has 0 spiro atoms. The first kappa shape index (κ1) is 14.8. The SMILES string of the molecule is CN(Cc1ccccc1Br)c1ncc(Br)cc1CCl. The third-order valence-electron chi connectivity index (χ3n) is 2.78. The van der Waals surface area contributed by atoms with E-state index in [1.807, 2.05) is 31.3 Å². The summed E-state index contributed by atoms with van der Waals surface area (Å²) in [7, 11) is 2.02. The van der Waals surface area contributed by atoms with Crippen molar-refractivity contribution in [2.75, 3.05) is 11.9 Å². The van der Waals surface area contributed by atoms with Crippen molar-refractivity contribution in [1.29, 1.82) is 0 Å². The lowest BCUT2D eigenvalue weighted by atomic mass is 10.2. The summed E-state index contributed by atoms with van der Waals surface area (Å²) in [6.45, 7) is 0.778. The molecule has 5 heteroatoms. The van der Waals surface area contributed by atoms with E-state index in [-0.39, 0.29) is 0 Å². The molecule has 0 saturated carbocycles. The Hall–Kier alpha value is -0.580. The third-order valence-corrected chi connectivity index (χ3v) is 4.28. The molecule has 0 amide bonds. The van der Waals surface area contributed by atoms with Gasteiger partial charge in [-0.1, -0.05) is 34.1 Å². The van der Waals surface area contributed by atoms with Crippen molar-refractivity contribution < 1.29 is 0 Å². The van der Waals surface area contributed by atoms with Crippen molar-refractivity contribution in [3.63, 3.8) is 0 Å². The normalized spacial score (nSPS) is 10.5. The van der Waals surface area contributed by atoms with Gasteiger partial charge in [0.15, 0.2) is 0 Å². The Kier molecular flexibility index (Phi) is 5.25. The number of rotatable bonds is 4. The fourth-order valence-corrected chi connectivity index (χ4v) is 2.86. The maximum absolute atomic E-state index is 5.99. The average Bonchev–Trinajstić information content (AvgIpc) is 2.41. The number of hydrogen-bond acceptors (Lipinski definition) is 2. The second kappa shape index (κ2) is 6.73. The van der Waals surface area contributed by atoms with Crippen LogP contribution in [0.2, 0.25) is 0 Å². The van der Waals surface area contributed by atoms with Crippen molar-refractivity contribution in [3.8, 4) is 0 Å². The standard InChI is InChI=1S/C14H13Br2ClN2/c1-19(9-10-4-2-3-5-13(10)16)14-11(7-17)6-12(15)8-18-14/h2-6,8H,7,9H2,1H3. The summed E-state index contributed by atoms with van der Waals surface area (Å²) in [5.74, 6) is 1.36. The topological polar surface area (TPSA) is 16.1 Å². The quantitative estimate of drug-likeness (QED) is 0.668. The molecule has 2 rings (SSSR count). The van der Waals surface area contributed by atoms with Gasteiger partial charge in [-0.2, -0.15) is 0 Å². The van der Waals surface area contributed by atoms with E-state index < -0.39 is 0 Å². The Morgan fingerprint density at radius 3 is 2.63 bits per heavy atom. The first-order chi connectivity index (χ1) is 9.11. The molecule has 2 aromatic rings. The summed E-state index contributed by atoms with van der Waals surface area (Å²) in [4.78, 5) is 6.56. The average molecular weight is 405 g/mol. The zero-order valence-electron chi connectivity index (χ0n) is 10.4. The molecule has 2 nitrogen and oxygen atoms in total. The van der Waals surface area contributed by atoms with Crippen LogP contribution in [0.25, 0.3) is 0 Å². The number of benzene rings is 1. The summed E-state index contributed by atoms with van der Waals surface area (Å²) in [5, 5.41) is 0. The Morgan fingerprint density at radius 1 is 1.21 bits per heavy atom. The molecule has 1 heterocycles. The van der Waals surface area contributed by atoms with Gasteiger partial charge in [0.05, 0.1) is 5.88 Å². The minimum Gasteiger partial charge on any atom is -0.355 e. The van der Waals surface area contributed by atoms with E-state index in [9.17, 15) is 0 Å². The summed E-state index contributed by atoms with van der Waals surface area (Å²) < 4.78 is 2.05. The predicted octanol–water partition coefficient (Wildman–Crippen LogP) is 4.98. The third kappa shape index (κ3) is 3.71. The van der Waals surface area contributed by atoms with Crippen LogP contribution in [0.4, 0.5) is 5.82 Å². The first-order valence-electron chi connectivity index (χ1n) is 5.76. The molecule has 0 aliphatic rings. The van der Waals surface area contributed by atoms with Crippen molar-refractivity contribution >= 4 is 49.3 Å². The number of anilines is 1. The number of halogens is 3. The lowest BCUT2D eigenvalue weighted by Crippen LogP contribution is -2.19. The van der Waals surface area contributed by atoms with Crippen LogP contribution < -0.4 is 4.90 Å². The number of hydrogen-bond donors (Lipinski definition) is 0. The molecule has 0 unspecified atom stereocenters. The first-order valence-corrected chi connectivity index (χ1v) is 7.89. The highest BCUT2D eigenvalue weighted by Crippen LogP contribution is 2.25. The van der Waals surface area contributed by atoms with E-state index in [0.29, 0.717) is 5.88 Å². The van der Waals surface area contributed by atoms with Gasteiger partial charge in [0.25, 0.3) is 0 Å². The molecule has 0 saturated heterocycles. The van der Waals surface area contributed by atoms with Crippen LogP contribution in [-0.2, 0) is 12.4 Å². The molecule has 1 aromatic carbocycles. The van der Waals surface area contributed by atoms with E-state index in [1.165, 1.54) is 5.56 Å². The van der Waals surface area contributed by atoms with Crippen LogP contribution in [0.3, 0.4) is 0 Å². The predicted molar refractivity (Wildman–Crippen MR) is 87.7 cm³/mol. The monoisotopic (exact) mass is 402 g/mol. The van der Waals surface area contributed by atoms with Gasteiger partial charge in [0.1, 0.15) is 5.82 Å². The second-order valence-electron chi connectivity index (χ2n) is 4.22. The van der Waals surface area contributed by atoms with E-state index in [4.69, 9.17) is 11.6 Å². The highest BCUT2D eigenvalue weighted by molar-refractivity contribution is 9.10. The van der Waals surface area contributed by atoms with Crippen molar-refractivity contribution in [2.24, 2.45) is 0 Å². The summed E-state index contributed by atoms with van der Waals surface area (Å²) in [6.07, 6.45) is 1.79. The van der Waals surface area contributed by atoms with Crippen molar-refractivity contribution in [1.82, 2.24) is 4.98 Å². The van der Waals surface area contributed by atoms with E-state index in [1.54, 1.807) is 6.20 Å². The fourth-order valence-electron chi connectivity index (χ4n) is 1.87. The molecular weight excluding hydrogens is 391 g/mol. The molecule has 1 aromatic heterocycles. The molecule has 0 aliphatic carbocycles. The highest BCUT2D eigenvalue weighted by atomic mass is 79.9. The van der Waals surface area contributed by atoms with E-state index >= 15 is 0 Å². The second-order valence-corrected chi connectivity index (χ2v) is 6.25. The number of pyridine rings is 1. The Bertz CT molecular complexity index is 575. The maximum Gasteiger partial charge on any atom is 0.133 e. The van der Waals surface area contributed by atoms with Gasteiger partial charge < -0.3 is 4.90 Å². The van der Waals surface area contributed by atoms with Gasteiger partial charge in [0, 0.05) is 34.3 Å². The smallest absolute Gasteiger partial charge is 0.133 e. The Labute approximate surface area is 135 Å². The number of alkyl halides is 1. The van der Waals surface area contributed by atoms with Crippen molar-refractivity contribution in [2.45, 2.75) is 12.4 Å². The Morgan fingerprint density at radius 2 is 1.95 bits per heavy atom. The van der Waals surface area contributed by atoms with Crippen LogP contribution in [0.5, 0.6) is 0 Å². The minimum atomic E-state index is 0.447. The van der Waals surface area contributed by atoms with Gasteiger partial charge in [-0.25, -0.2) is 4.98 Å². The van der Waals surface area contributed by atoms with Crippen LogP contribution in [0, 0.1) is 0 Å². The number of nitrogens with zero attached hydrogens (tertiary/aromatic N) is 2. The lowest BCUT2D eigenvalue weighted by molar-refractivity contribution is 0.884. The fraction of sp³-hybridized carbons (Fsp3) is 0.214. The van der Waals surface area contributed by atoms with Gasteiger partial charge in [-0.15, -0.1) is 11.6 Å². The van der Waals surface area contributed by atoms with Crippen LogP contribution in [0.1, 0.15) is 11.1 Å². The van der Waals surface area contributed by atoms with Gasteiger partial charge in [-0.05, 0) is 33.6 Å².